The Morgan fingerprint density at radius 1 is 1.32 bits per heavy atom. The second kappa shape index (κ2) is 5.94. The van der Waals surface area contributed by atoms with E-state index in [2.05, 4.69) is 18.0 Å². The number of hydrogen-bond acceptors (Lipinski definition) is 4. The first kappa shape index (κ1) is 13.7. The van der Waals surface area contributed by atoms with Crippen molar-refractivity contribution in [3.05, 3.63) is 23.8 Å². The number of rotatable bonds is 3. The van der Waals surface area contributed by atoms with Crippen LogP contribution >= 0.6 is 0 Å². The summed E-state index contributed by atoms with van der Waals surface area (Å²) in [6.45, 7) is 0. The minimum Gasteiger partial charge on any atom is -0.497 e. The Morgan fingerprint density at radius 2 is 2.00 bits per heavy atom. The van der Waals surface area contributed by atoms with E-state index in [1.54, 1.807) is 7.11 Å². The normalized spacial score (nSPS) is 22.6. The molecule has 2 N–H and O–H groups in total. The lowest BCUT2D eigenvalue weighted by Crippen LogP contribution is -2.39. The molecule has 1 aromatic carbocycles. The van der Waals surface area contributed by atoms with Gasteiger partial charge in [-0.3, -0.25) is 0 Å². The average molecular weight is 259 g/mol. The van der Waals surface area contributed by atoms with Gasteiger partial charge in [-0.05, 0) is 37.8 Å². The van der Waals surface area contributed by atoms with Gasteiger partial charge in [0.25, 0.3) is 0 Å². The van der Waals surface area contributed by atoms with Crippen molar-refractivity contribution in [1.29, 1.82) is 5.26 Å². The van der Waals surface area contributed by atoms with Gasteiger partial charge in [0.05, 0.1) is 18.4 Å². The maximum Gasteiger partial charge on any atom is 0.121 e. The van der Waals surface area contributed by atoms with Gasteiger partial charge in [-0.1, -0.05) is 0 Å². The van der Waals surface area contributed by atoms with Gasteiger partial charge >= 0.3 is 0 Å². The van der Waals surface area contributed by atoms with Crippen molar-refractivity contribution in [1.82, 2.24) is 0 Å². The van der Waals surface area contributed by atoms with Crippen LogP contribution in [0.25, 0.3) is 0 Å². The molecular weight excluding hydrogens is 238 g/mol. The topological polar surface area (TPSA) is 62.3 Å². The van der Waals surface area contributed by atoms with Gasteiger partial charge in [-0.2, -0.15) is 5.26 Å². The molecule has 4 nitrogen and oxygen atoms in total. The molecule has 4 heteroatoms. The van der Waals surface area contributed by atoms with E-state index in [1.807, 2.05) is 18.2 Å². The van der Waals surface area contributed by atoms with Crippen LogP contribution in [0.4, 0.5) is 5.69 Å². The molecular formula is C15H21N3O. The minimum absolute atomic E-state index is 0.338. The van der Waals surface area contributed by atoms with Crippen LogP contribution in [-0.2, 0) is 0 Å². The van der Waals surface area contributed by atoms with Crippen molar-refractivity contribution in [2.24, 2.45) is 5.73 Å². The minimum atomic E-state index is 0.338. The number of methoxy groups -OCH3 is 1. The lowest BCUT2D eigenvalue weighted by molar-refractivity contribution is 0.384. The molecule has 0 heterocycles. The van der Waals surface area contributed by atoms with Crippen LogP contribution in [0.2, 0.25) is 0 Å². The number of hydrogen-bond donors (Lipinski definition) is 1. The maximum atomic E-state index is 9.23. The Morgan fingerprint density at radius 3 is 2.58 bits per heavy atom. The summed E-state index contributed by atoms with van der Waals surface area (Å²) in [5, 5.41) is 9.23. The number of nitrogens with zero attached hydrogens (tertiary/aromatic N) is 2. The molecule has 0 radical (unpaired) electrons. The molecule has 1 fully saturated rings. The third-order valence-electron chi connectivity index (χ3n) is 3.99. The molecule has 0 bridgehead atoms. The fourth-order valence-electron chi connectivity index (χ4n) is 2.71. The van der Waals surface area contributed by atoms with Crippen molar-refractivity contribution in [3.63, 3.8) is 0 Å². The first-order valence-electron chi connectivity index (χ1n) is 6.72. The van der Waals surface area contributed by atoms with Crippen LogP contribution in [0.5, 0.6) is 5.75 Å². The first-order valence-corrected chi connectivity index (χ1v) is 6.72. The summed E-state index contributed by atoms with van der Waals surface area (Å²) in [7, 11) is 3.70. The highest BCUT2D eigenvalue weighted by Crippen LogP contribution is 2.30. The van der Waals surface area contributed by atoms with Gasteiger partial charge in [0, 0.05) is 25.2 Å². The smallest absolute Gasteiger partial charge is 0.121 e. The molecule has 0 amide bonds. The molecule has 2 rings (SSSR count). The predicted octanol–water partition coefficient (Wildman–Crippen LogP) is 2.27. The highest BCUT2D eigenvalue weighted by Gasteiger charge is 2.23. The zero-order valence-corrected chi connectivity index (χ0v) is 11.6. The van der Waals surface area contributed by atoms with Crippen molar-refractivity contribution in [2.45, 2.75) is 37.8 Å². The number of nitrogens with two attached hydrogens (primary N) is 1. The van der Waals surface area contributed by atoms with Gasteiger partial charge in [0.15, 0.2) is 0 Å². The summed E-state index contributed by atoms with van der Waals surface area (Å²) < 4.78 is 5.25. The van der Waals surface area contributed by atoms with Crippen LogP contribution in [-0.4, -0.2) is 26.2 Å². The van der Waals surface area contributed by atoms with E-state index in [4.69, 9.17) is 10.5 Å². The maximum absolute atomic E-state index is 9.23. The SMILES string of the molecule is COc1ccc(C#N)c(N(C)C2CCC(N)CC2)c1. The molecule has 1 aliphatic rings. The molecule has 0 aromatic heterocycles. The fourth-order valence-corrected chi connectivity index (χ4v) is 2.71. The van der Waals surface area contributed by atoms with Crippen LogP contribution in [0.15, 0.2) is 18.2 Å². The summed E-state index contributed by atoms with van der Waals surface area (Å²) in [6.07, 6.45) is 4.28. The Kier molecular flexibility index (Phi) is 4.28. The fraction of sp³-hybridized carbons (Fsp3) is 0.533. The zero-order valence-electron chi connectivity index (χ0n) is 11.6. The molecule has 0 saturated heterocycles. The number of ether oxygens (including phenoxy) is 1. The van der Waals surface area contributed by atoms with Crippen LogP contribution < -0.4 is 15.4 Å². The van der Waals surface area contributed by atoms with E-state index in [0.29, 0.717) is 17.6 Å². The number of anilines is 1. The van der Waals surface area contributed by atoms with Crippen molar-refractivity contribution < 1.29 is 4.74 Å². The standard InChI is InChI=1S/C15H21N3O/c1-18(13-6-4-12(17)5-7-13)15-9-14(19-2)8-3-11(15)10-16/h3,8-9,12-13H,4-7,17H2,1-2H3. The van der Waals surface area contributed by atoms with Crippen LogP contribution in [0.1, 0.15) is 31.2 Å². The largest absolute Gasteiger partial charge is 0.497 e. The Labute approximate surface area is 114 Å². The second-order valence-electron chi connectivity index (χ2n) is 5.17. The molecule has 0 unspecified atom stereocenters. The zero-order chi connectivity index (χ0) is 13.8. The Balaban J connectivity index is 2.22. The third-order valence-corrected chi connectivity index (χ3v) is 3.99. The van der Waals surface area contributed by atoms with E-state index < -0.39 is 0 Å². The molecule has 1 aromatic rings. The van der Waals surface area contributed by atoms with Gasteiger partial charge < -0.3 is 15.4 Å². The molecule has 102 valence electrons. The van der Waals surface area contributed by atoms with Crippen LogP contribution in [0.3, 0.4) is 0 Å². The predicted molar refractivity (Wildman–Crippen MR) is 76.3 cm³/mol. The molecule has 0 spiro atoms. The highest BCUT2D eigenvalue weighted by molar-refractivity contribution is 5.62. The monoisotopic (exact) mass is 259 g/mol. The van der Waals surface area contributed by atoms with E-state index in [-0.39, 0.29) is 0 Å². The number of nitriles is 1. The third kappa shape index (κ3) is 2.99. The highest BCUT2D eigenvalue weighted by atomic mass is 16.5. The van der Waals surface area contributed by atoms with Crippen molar-refractivity contribution in [2.75, 3.05) is 19.1 Å². The summed E-state index contributed by atoms with van der Waals surface area (Å²) in [4.78, 5) is 2.20. The van der Waals surface area contributed by atoms with Gasteiger partial charge in [-0.15, -0.1) is 0 Å². The number of benzene rings is 1. The van der Waals surface area contributed by atoms with E-state index in [0.717, 1.165) is 37.1 Å². The molecule has 0 aliphatic heterocycles. The van der Waals surface area contributed by atoms with Gasteiger partial charge in [0.2, 0.25) is 0 Å². The molecule has 0 atom stereocenters. The summed E-state index contributed by atoms with van der Waals surface area (Å²) in [5.41, 5.74) is 7.59. The van der Waals surface area contributed by atoms with Gasteiger partial charge in [-0.25, -0.2) is 0 Å². The summed E-state index contributed by atoms with van der Waals surface area (Å²) >= 11 is 0. The van der Waals surface area contributed by atoms with E-state index >= 15 is 0 Å². The Bertz CT molecular complexity index is 473. The molecule has 1 aliphatic carbocycles. The van der Waals surface area contributed by atoms with Crippen molar-refractivity contribution >= 4 is 5.69 Å². The van der Waals surface area contributed by atoms with Crippen LogP contribution in [0, 0.1) is 11.3 Å². The van der Waals surface area contributed by atoms with E-state index in [9.17, 15) is 5.26 Å². The first-order chi connectivity index (χ1) is 9.15. The quantitative estimate of drug-likeness (QED) is 0.904. The van der Waals surface area contributed by atoms with E-state index in [1.165, 1.54) is 0 Å². The second-order valence-corrected chi connectivity index (χ2v) is 5.17. The summed E-state index contributed by atoms with van der Waals surface area (Å²) in [6, 6.07) is 8.63. The Hall–Kier alpha value is -1.73. The molecule has 19 heavy (non-hydrogen) atoms. The van der Waals surface area contributed by atoms with Crippen molar-refractivity contribution in [3.8, 4) is 11.8 Å². The molecule has 1 saturated carbocycles. The lowest BCUT2D eigenvalue weighted by Gasteiger charge is -2.35. The lowest BCUT2D eigenvalue weighted by atomic mass is 9.90. The average Bonchev–Trinajstić information content (AvgIpc) is 2.46. The summed E-state index contributed by atoms with van der Waals surface area (Å²) in [5.74, 6) is 0.786. The van der Waals surface area contributed by atoms with Gasteiger partial charge in [0.1, 0.15) is 11.8 Å².